The molecule has 0 bridgehead atoms. The van der Waals surface area contributed by atoms with Gasteiger partial charge >= 0.3 is 0 Å². The van der Waals surface area contributed by atoms with E-state index in [1.54, 1.807) is 0 Å². The third-order valence-corrected chi connectivity index (χ3v) is 3.32. The van der Waals surface area contributed by atoms with Gasteiger partial charge in [-0.05, 0) is 32.0 Å². The van der Waals surface area contributed by atoms with Crippen LogP contribution in [0.3, 0.4) is 0 Å². The molecule has 1 aliphatic rings. The van der Waals surface area contributed by atoms with Gasteiger partial charge in [0.2, 0.25) is 0 Å². The van der Waals surface area contributed by atoms with Gasteiger partial charge in [0.15, 0.2) is 0 Å². The molecule has 0 fully saturated rings. The van der Waals surface area contributed by atoms with E-state index in [9.17, 15) is 4.79 Å². The third-order valence-electron chi connectivity index (χ3n) is 3.32. The number of hydrogen-bond acceptors (Lipinski definition) is 3. The molecule has 3 nitrogen and oxygen atoms in total. The number of ketones is 1. The van der Waals surface area contributed by atoms with Crippen LogP contribution in [0.2, 0.25) is 0 Å². The summed E-state index contributed by atoms with van der Waals surface area (Å²) in [6.07, 6.45) is 0.810. The number of carbonyl (C=O) groups is 1. The minimum atomic E-state index is -0.0917. The van der Waals surface area contributed by atoms with Crippen LogP contribution in [-0.4, -0.2) is 11.9 Å². The molecule has 2 heterocycles. The Hall–Kier alpha value is -2.03. The van der Waals surface area contributed by atoms with Gasteiger partial charge in [-0.15, -0.1) is 0 Å². The highest BCUT2D eigenvalue weighted by atomic mass is 16.5. The summed E-state index contributed by atoms with van der Waals surface area (Å²) in [5, 5.41) is 0. The van der Waals surface area contributed by atoms with Crippen LogP contribution in [0.25, 0.3) is 11.3 Å². The van der Waals surface area contributed by atoms with E-state index >= 15 is 0 Å². The molecule has 3 rings (SSSR count). The molecule has 0 radical (unpaired) electrons. The first-order chi connectivity index (χ1) is 9.13. The lowest BCUT2D eigenvalue weighted by Gasteiger charge is -2.15. The zero-order valence-electron chi connectivity index (χ0n) is 11.1. The fourth-order valence-corrected chi connectivity index (χ4v) is 2.48. The predicted molar refractivity (Wildman–Crippen MR) is 72.3 cm³/mol. The predicted octanol–water partition coefficient (Wildman–Crippen LogP) is 3.54. The first kappa shape index (κ1) is 12.0. The number of aryl methyl sites for hydroxylation is 1. The smallest absolute Gasteiger partial charge is 0.141 e. The van der Waals surface area contributed by atoms with Crippen molar-refractivity contribution in [2.45, 2.75) is 32.8 Å². The minimum Gasteiger partial charge on any atom is -0.489 e. The Morgan fingerprint density at radius 2 is 2.05 bits per heavy atom. The Morgan fingerprint density at radius 1 is 1.21 bits per heavy atom. The van der Waals surface area contributed by atoms with Gasteiger partial charge in [-0.1, -0.05) is 12.1 Å². The monoisotopic (exact) mass is 256 g/mol. The van der Waals surface area contributed by atoms with Crippen LogP contribution in [0.1, 0.15) is 24.7 Å². The summed E-state index contributed by atoms with van der Waals surface area (Å²) in [7, 11) is 0. The number of hydrogen-bond donors (Lipinski definition) is 0. The van der Waals surface area contributed by atoms with Crippen molar-refractivity contribution in [3.05, 3.63) is 41.7 Å². The van der Waals surface area contributed by atoms with E-state index in [0.717, 1.165) is 28.4 Å². The van der Waals surface area contributed by atoms with Crippen molar-refractivity contribution in [1.82, 2.24) is 0 Å². The van der Waals surface area contributed by atoms with Gasteiger partial charge in [-0.3, -0.25) is 4.79 Å². The second-order valence-corrected chi connectivity index (χ2v) is 5.05. The van der Waals surface area contributed by atoms with Crippen LogP contribution in [0.15, 0.2) is 34.7 Å². The van der Waals surface area contributed by atoms with E-state index < -0.39 is 0 Å². The molecule has 0 unspecified atom stereocenters. The first-order valence-corrected chi connectivity index (χ1v) is 6.50. The summed E-state index contributed by atoms with van der Waals surface area (Å²) in [5.74, 6) is 2.66. The number of rotatable bonds is 1. The Kier molecular flexibility index (Phi) is 2.90. The summed E-state index contributed by atoms with van der Waals surface area (Å²) < 4.78 is 11.6. The zero-order chi connectivity index (χ0) is 13.4. The molecule has 0 spiro atoms. The molecule has 0 saturated heterocycles. The zero-order valence-corrected chi connectivity index (χ0v) is 11.1. The number of furan rings is 1. The van der Waals surface area contributed by atoms with E-state index in [0.29, 0.717) is 12.8 Å². The third kappa shape index (κ3) is 2.28. The number of benzene rings is 1. The summed E-state index contributed by atoms with van der Waals surface area (Å²) >= 11 is 0. The molecule has 2 aromatic rings. The van der Waals surface area contributed by atoms with Crippen LogP contribution >= 0.6 is 0 Å². The molecule has 1 aromatic heterocycles. The van der Waals surface area contributed by atoms with E-state index in [-0.39, 0.29) is 11.9 Å². The standard InChI is InChI=1S/C16H16O3/c1-10-6-7-15(18-10)14-5-3-4-12-9-13(17)8-11(2)19-16(12)14/h3-7,11H,8-9H2,1-2H3/t11-/m1/s1. The van der Waals surface area contributed by atoms with Gasteiger partial charge in [0.1, 0.15) is 29.2 Å². The Bertz CT molecular complexity index is 625. The van der Waals surface area contributed by atoms with Gasteiger partial charge in [-0.2, -0.15) is 0 Å². The highest BCUT2D eigenvalue weighted by molar-refractivity contribution is 5.84. The maximum Gasteiger partial charge on any atom is 0.141 e. The molecule has 1 aliphatic heterocycles. The average molecular weight is 256 g/mol. The minimum absolute atomic E-state index is 0.0917. The fourth-order valence-electron chi connectivity index (χ4n) is 2.48. The van der Waals surface area contributed by atoms with Crippen LogP contribution in [0.5, 0.6) is 5.75 Å². The molecule has 1 atom stereocenters. The van der Waals surface area contributed by atoms with E-state index in [1.807, 2.05) is 44.2 Å². The summed E-state index contributed by atoms with van der Waals surface area (Å²) in [6.45, 7) is 3.84. The van der Waals surface area contributed by atoms with E-state index in [1.165, 1.54) is 0 Å². The molecule has 1 aromatic carbocycles. The van der Waals surface area contributed by atoms with Crippen LogP contribution in [-0.2, 0) is 11.2 Å². The van der Waals surface area contributed by atoms with Crippen molar-refractivity contribution in [2.75, 3.05) is 0 Å². The van der Waals surface area contributed by atoms with Crippen molar-refractivity contribution in [1.29, 1.82) is 0 Å². The van der Waals surface area contributed by atoms with Crippen molar-refractivity contribution in [2.24, 2.45) is 0 Å². The van der Waals surface area contributed by atoms with Crippen LogP contribution < -0.4 is 4.74 Å². The summed E-state index contributed by atoms with van der Waals surface area (Å²) in [5.41, 5.74) is 1.87. The van der Waals surface area contributed by atoms with E-state index in [2.05, 4.69) is 0 Å². The molecule has 0 amide bonds. The van der Waals surface area contributed by atoms with Gasteiger partial charge in [0.05, 0.1) is 5.56 Å². The molecule has 0 N–H and O–H groups in total. The summed E-state index contributed by atoms with van der Waals surface area (Å²) in [6, 6.07) is 9.73. The Morgan fingerprint density at radius 3 is 2.79 bits per heavy atom. The molecular weight excluding hydrogens is 240 g/mol. The first-order valence-electron chi connectivity index (χ1n) is 6.50. The fraction of sp³-hybridized carbons (Fsp3) is 0.312. The van der Waals surface area contributed by atoms with Crippen LogP contribution in [0.4, 0.5) is 0 Å². The molecular formula is C16H16O3. The van der Waals surface area contributed by atoms with Crippen molar-refractivity contribution < 1.29 is 13.9 Å². The lowest BCUT2D eigenvalue weighted by Crippen LogP contribution is -2.14. The number of Topliss-reactive ketones (excluding diaryl/α,β-unsaturated/α-hetero) is 1. The number of fused-ring (bicyclic) bond motifs is 1. The molecule has 0 saturated carbocycles. The molecule has 3 heteroatoms. The SMILES string of the molecule is Cc1ccc(-c2cccc3c2O[C@H](C)CC(=O)C3)o1. The van der Waals surface area contributed by atoms with Gasteiger partial charge in [0, 0.05) is 18.4 Å². The van der Waals surface area contributed by atoms with E-state index in [4.69, 9.17) is 9.15 Å². The maximum absolute atomic E-state index is 11.8. The molecule has 98 valence electrons. The normalized spacial score (nSPS) is 18.6. The second kappa shape index (κ2) is 4.57. The van der Waals surface area contributed by atoms with Crippen LogP contribution in [0, 0.1) is 6.92 Å². The van der Waals surface area contributed by atoms with Gasteiger partial charge < -0.3 is 9.15 Å². The number of carbonyl (C=O) groups excluding carboxylic acids is 1. The lowest BCUT2D eigenvalue weighted by molar-refractivity contribution is -0.119. The number of para-hydroxylation sites is 1. The quantitative estimate of drug-likeness (QED) is 0.783. The average Bonchev–Trinajstić information content (AvgIpc) is 2.70. The highest BCUT2D eigenvalue weighted by Gasteiger charge is 2.23. The van der Waals surface area contributed by atoms with Gasteiger partial charge in [0.25, 0.3) is 0 Å². The van der Waals surface area contributed by atoms with Crippen molar-refractivity contribution in [3.8, 4) is 17.1 Å². The maximum atomic E-state index is 11.8. The van der Waals surface area contributed by atoms with Crippen molar-refractivity contribution in [3.63, 3.8) is 0 Å². The lowest BCUT2D eigenvalue weighted by atomic mass is 10.0. The second-order valence-electron chi connectivity index (χ2n) is 5.05. The Labute approximate surface area is 112 Å². The highest BCUT2D eigenvalue weighted by Crippen LogP contribution is 2.37. The number of ether oxygens (including phenoxy) is 1. The topological polar surface area (TPSA) is 39.4 Å². The molecule has 0 aliphatic carbocycles. The summed E-state index contributed by atoms with van der Waals surface area (Å²) in [4.78, 5) is 11.8. The largest absolute Gasteiger partial charge is 0.489 e. The van der Waals surface area contributed by atoms with Gasteiger partial charge in [-0.25, -0.2) is 0 Å². The molecule has 19 heavy (non-hydrogen) atoms. The Balaban J connectivity index is 2.12. The van der Waals surface area contributed by atoms with Crippen molar-refractivity contribution >= 4 is 5.78 Å².